The van der Waals surface area contributed by atoms with E-state index in [4.69, 9.17) is 121 Å². The van der Waals surface area contributed by atoms with Gasteiger partial charge in [-0.3, -0.25) is 53.3 Å². The van der Waals surface area contributed by atoms with Crippen LogP contribution in [0.15, 0.2) is 41.8 Å². The van der Waals surface area contributed by atoms with Gasteiger partial charge in [-0.15, -0.1) is 6.58 Å². The molecule has 5 atom stereocenters. The number of ether oxygens (including phenoxy) is 1. The zero-order valence-corrected chi connectivity index (χ0v) is 69.4. The normalized spacial score (nSPS) is 12.1. The Kier molecular flexibility index (Phi) is 114. The Morgan fingerprint density at radius 3 is 1.21 bits per heavy atom. The van der Waals surface area contributed by atoms with Crippen molar-refractivity contribution < 1.29 is 165 Å². The monoisotopic (exact) mass is 1700 g/mol. The molecular weight excluding hydrogens is 1590 g/mol. The van der Waals surface area contributed by atoms with Gasteiger partial charge in [0.1, 0.15) is 17.0 Å². The molecule has 664 valence electrons. The molecule has 0 radical (unpaired) electrons. The summed E-state index contributed by atoms with van der Waals surface area (Å²) in [7, 11) is 9.38. The molecule has 1 saturated carbocycles. The molecule has 0 spiro atoms. The highest BCUT2D eigenvalue weighted by Crippen LogP contribution is 2.29. The number of esters is 1. The van der Waals surface area contributed by atoms with E-state index in [1.807, 2.05) is 85.4 Å². The van der Waals surface area contributed by atoms with Crippen molar-refractivity contribution in [1.82, 2.24) is 44.1 Å². The lowest BCUT2D eigenvalue weighted by molar-refractivity contribution is -0.193. The van der Waals surface area contributed by atoms with Gasteiger partial charge in [-0.25, -0.2) is 0 Å². The van der Waals surface area contributed by atoms with Crippen molar-refractivity contribution in [3.05, 3.63) is 42.5 Å². The Balaban J connectivity index is -0.000000122. The van der Waals surface area contributed by atoms with E-state index in [9.17, 15) is 49.2 Å². The number of hydrogen-bond donors (Lipinski definition) is 5. The minimum absolute atomic E-state index is 0.0363. The molecule has 118 heavy (non-hydrogen) atoms. The minimum Gasteiger partial charge on any atom is -0.480 e. The zero-order valence-electron chi connectivity index (χ0n) is 68.6. The summed E-state index contributed by atoms with van der Waals surface area (Å²) in [6.45, 7) is 29.9. The summed E-state index contributed by atoms with van der Waals surface area (Å²) in [4.78, 5) is 267. The number of benzene rings is 1. The topological polar surface area (TPSA) is 641 Å². The lowest BCUT2D eigenvalue weighted by Gasteiger charge is -2.42. The van der Waals surface area contributed by atoms with Gasteiger partial charge in [-0.05, 0) is 168 Å². The molecule has 0 aliphatic heterocycles. The third-order valence-electron chi connectivity index (χ3n) is 15.5. The van der Waals surface area contributed by atoms with Crippen LogP contribution in [0.2, 0.25) is 0 Å². The first kappa shape index (κ1) is 133. The summed E-state index contributed by atoms with van der Waals surface area (Å²) in [5.41, 5.74) is 0.445. The fourth-order valence-corrected chi connectivity index (χ4v) is 11.4. The molecule has 1 fully saturated rings. The van der Waals surface area contributed by atoms with Crippen LogP contribution in [0.4, 0.5) is 0 Å². The highest BCUT2D eigenvalue weighted by atomic mass is 32.2. The Hall–Kier alpha value is -11.6. The zero-order chi connectivity index (χ0) is 94.3. The minimum atomic E-state index is -1.05. The number of carboxylic acid groups (broad SMARTS) is 5. The van der Waals surface area contributed by atoms with Crippen LogP contribution in [0.25, 0.3) is 0 Å². The van der Waals surface area contributed by atoms with Gasteiger partial charge in [0, 0.05) is 81.9 Å². The first-order chi connectivity index (χ1) is 55.9. The summed E-state index contributed by atoms with van der Waals surface area (Å²) in [5.74, 6) is -4.80. The summed E-state index contributed by atoms with van der Waals surface area (Å²) in [6, 6.07) is 7.06. The molecule has 2 unspecified atom stereocenters. The number of rotatable bonds is 45. The number of nitrogens with zero attached hydrogens (tertiary/aromatic N) is 10. The van der Waals surface area contributed by atoms with Crippen LogP contribution in [-0.4, -0.2) is 356 Å². The summed E-state index contributed by atoms with van der Waals surface area (Å²) in [5, 5.41) is 56.6. The molecule has 1 aliphatic carbocycles. The van der Waals surface area contributed by atoms with Crippen molar-refractivity contribution in [2.24, 2.45) is 0 Å². The van der Waals surface area contributed by atoms with E-state index in [0.29, 0.717) is 58.5 Å². The second kappa shape index (κ2) is 102. The fraction of sp³-hybridized carbons (Fsp3) is 0.644. The molecule has 44 nitrogen and oxygen atoms in total. The third kappa shape index (κ3) is 90.0. The second-order valence-corrected chi connectivity index (χ2v) is 24.4. The average molecular weight is 1710 g/mol. The lowest BCUT2D eigenvalue weighted by Crippen LogP contribution is -2.57. The molecule has 0 heterocycles. The van der Waals surface area contributed by atoms with Crippen molar-refractivity contribution in [3.63, 3.8) is 0 Å². The van der Waals surface area contributed by atoms with E-state index in [-0.39, 0.29) is 118 Å². The largest absolute Gasteiger partial charge is 0.480 e. The van der Waals surface area contributed by atoms with Crippen molar-refractivity contribution >= 4 is 115 Å². The molecule has 1 aliphatic rings. The fourth-order valence-electron chi connectivity index (χ4n) is 11.0. The van der Waals surface area contributed by atoms with Gasteiger partial charge >= 0.3 is 103 Å². The third-order valence-corrected chi connectivity index (χ3v) is 16.1. The van der Waals surface area contributed by atoms with Crippen LogP contribution in [0, 0.1) is 10.7 Å². The van der Waals surface area contributed by atoms with E-state index >= 15 is 0 Å². The summed E-state index contributed by atoms with van der Waals surface area (Å²) in [6.07, 6.45) is 14.9. The van der Waals surface area contributed by atoms with Crippen LogP contribution < -0.4 is 0 Å². The molecule has 0 bridgehead atoms. The standard InChI is InChI=1S/C25H51N3O2.C24H34N4O6S.C13H27N3O4.11CO2/c1-8-15-25(13-6,24(29)30-14-7)28(19-12-5)23-22-27(18-11-4)21-20-26(16-9-2)17-10-3;1-26(18-4-3-5-19(11-18)28(14-23(31)32)15-24(33)34)12-20(27(2)13-22(29)30)10-17-6-8-21(9-7-17)35-16-25;1-5-11(13(19)20)16(8-6-14(2)3)9-7-15(4)10-12(17)18;11*2-1-3/h8H,1,9-23H2,2-7H3;6-9,18-20H,3-5,10-15H2,1-2H3,(H,29,30)(H,31,32)(H,33,34);11H,5-10H2,1-4H3,(H,17,18)(H,19,20);;;;;;;;;;;/t;18-,19-,20-;;;;;;;;;;;;/m.1............/s1. The number of carbonyl (C=O) groups is 6. The maximum atomic E-state index is 13.0. The van der Waals surface area contributed by atoms with Crippen molar-refractivity contribution in [1.29, 1.82) is 5.26 Å². The summed E-state index contributed by atoms with van der Waals surface area (Å²) >= 11 is 1.09. The number of carbonyl (C=O) groups excluding carboxylic acids is 23. The first-order valence-electron chi connectivity index (χ1n) is 35.3. The van der Waals surface area contributed by atoms with Gasteiger partial charge < -0.3 is 49.9 Å². The molecule has 0 saturated heterocycles. The number of carboxylic acids is 5. The Morgan fingerprint density at radius 1 is 0.508 bits per heavy atom. The van der Waals surface area contributed by atoms with Gasteiger partial charge in [0.05, 0.1) is 32.8 Å². The molecular formula is C73H112N10O34S. The number of thioether (sulfide) groups is 1. The molecule has 45 heteroatoms. The maximum Gasteiger partial charge on any atom is 0.373 e. The first-order valence-corrected chi connectivity index (χ1v) is 36.1. The SMILES string of the molecule is C=CCC(CC)(C(=O)OCC)N(CCC)CCN(CCC)CCN(CCC)CCC.CCC(C(=O)O)N(CCN(C)C)CCN(C)CC(=O)O.CN(CC(=O)O)[C@H](Cc1ccc(SC#N)cc1)CN(C)[C@@H]1CCC[C@@H](N(CC(=O)O)CC(=O)O)C1.O=C=O.O=C=O.O=C=O.O=C=O.O=C=O.O=C=O.O=C=O.O=C=O.O=C=O.O=C=O.O=C=O. The molecule has 1 aromatic rings. The highest BCUT2D eigenvalue weighted by molar-refractivity contribution is 8.03. The van der Waals surface area contributed by atoms with Crippen LogP contribution in [0.5, 0.6) is 0 Å². The number of hydrogen-bond acceptors (Lipinski definition) is 40. The van der Waals surface area contributed by atoms with E-state index < -0.39 is 41.4 Å². The number of aliphatic carboxylic acids is 5. The predicted octanol–water partition coefficient (Wildman–Crippen LogP) is 0.0330. The van der Waals surface area contributed by atoms with Gasteiger partial charge in [0.15, 0.2) is 0 Å². The van der Waals surface area contributed by atoms with Crippen molar-refractivity contribution in [3.8, 4) is 5.40 Å². The van der Waals surface area contributed by atoms with Crippen LogP contribution in [0.1, 0.15) is 125 Å². The van der Waals surface area contributed by atoms with Crippen LogP contribution >= 0.6 is 11.8 Å². The van der Waals surface area contributed by atoms with E-state index in [1.54, 1.807) is 19.0 Å². The van der Waals surface area contributed by atoms with Crippen LogP contribution in [0.3, 0.4) is 0 Å². The quantitative estimate of drug-likeness (QED) is 0.0249. The lowest BCUT2D eigenvalue weighted by atomic mass is 9.88. The summed E-state index contributed by atoms with van der Waals surface area (Å²) < 4.78 is 5.52. The number of nitriles is 1. The van der Waals surface area contributed by atoms with Gasteiger partial charge in [0.25, 0.3) is 0 Å². The number of likely N-dealkylation sites (N-methyl/N-ethyl adjacent to an activating group) is 4. The molecule has 0 amide bonds. The average Bonchev–Trinajstić information content (AvgIpc) is 0.805. The van der Waals surface area contributed by atoms with Crippen LogP contribution in [-0.2, 0) is 145 Å². The second-order valence-electron chi connectivity index (χ2n) is 23.5. The Morgan fingerprint density at radius 2 is 0.881 bits per heavy atom. The van der Waals surface area contributed by atoms with Crippen molar-refractivity contribution in [2.75, 3.05) is 153 Å². The molecule has 5 N–H and O–H groups in total. The predicted molar refractivity (Wildman–Crippen MR) is 393 cm³/mol. The maximum absolute atomic E-state index is 13.0. The van der Waals surface area contributed by atoms with Gasteiger partial charge in [-0.2, -0.15) is 111 Å². The Labute approximate surface area is 687 Å². The Bertz CT molecular complexity index is 2960. The smallest absolute Gasteiger partial charge is 0.373 e. The van der Waals surface area contributed by atoms with E-state index in [1.165, 1.54) is 30.8 Å². The number of thiocyanates is 1. The van der Waals surface area contributed by atoms with Gasteiger partial charge in [0.2, 0.25) is 0 Å². The van der Waals surface area contributed by atoms with E-state index in [2.05, 4.69) is 60.8 Å². The highest BCUT2D eigenvalue weighted by Gasteiger charge is 2.42. The van der Waals surface area contributed by atoms with E-state index in [0.717, 1.165) is 107 Å². The molecule has 1 aromatic carbocycles. The van der Waals surface area contributed by atoms with Gasteiger partial charge in [-0.1, -0.05) is 66.2 Å². The molecule has 2 rings (SSSR count). The molecule has 0 aromatic heterocycles. The van der Waals surface area contributed by atoms with Crippen molar-refractivity contribution in [2.45, 2.75) is 160 Å².